The minimum absolute atomic E-state index is 1.07. The Morgan fingerprint density at radius 3 is 3.07 bits per heavy atom. The molecule has 0 saturated heterocycles. The van der Waals surface area contributed by atoms with Crippen LogP contribution in [0.5, 0.6) is 0 Å². The van der Waals surface area contributed by atoms with E-state index in [1.165, 1.54) is 19.3 Å². The molecule has 76 valence electrons. The molecule has 3 fully saturated rings. The molecule has 3 saturated carbocycles. The monoisotopic (exact) mass is 188 g/mol. The van der Waals surface area contributed by atoms with Crippen LogP contribution in [0.2, 0.25) is 0 Å². The molecule has 0 nitrogen and oxygen atoms in total. The molecule has 0 heteroatoms. The van der Waals surface area contributed by atoms with Gasteiger partial charge in [0.15, 0.2) is 0 Å². The Balaban J connectivity index is 1.77. The van der Waals surface area contributed by atoms with Crippen LogP contribution in [0.4, 0.5) is 0 Å². The molecule has 4 aliphatic rings. The maximum Gasteiger partial charge on any atom is -0.0135 e. The van der Waals surface area contributed by atoms with Gasteiger partial charge in [0.25, 0.3) is 0 Å². The van der Waals surface area contributed by atoms with E-state index in [0.29, 0.717) is 0 Å². The van der Waals surface area contributed by atoms with Crippen molar-refractivity contribution in [2.75, 3.05) is 0 Å². The summed E-state index contributed by atoms with van der Waals surface area (Å²) in [6.45, 7) is 2.41. The molecular weight excluding hydrogens is 168 g/mol. The fourth-order valence-electron chi connectivity index (χ4n) is 5.40. The maximum absolute atomic E-state index is 2.41. The van der Waals surface area contributed by atoms with Crippen molar-refractivity contribution in [1.29, 1.82) is 0 Å². The summed E-state index contributed by atoms with van der Waals surface area (Å²) in [5, 5.41) is 0. The molecule has 0 aromatic carbocycles. The molecule has 5 atom stereocenters. The first kappa shape index (κ1) is 7.96. The average molecular weight is 188 g/mol. The van der Waals surface area contributed by atoms with E-state index in [4.69, 9.17) is 0 Å². The van der Waals surface area contributed by atoms with Crippen molar-refractivity contribution in [2.45, 2.75) is 45.4 Å². The van der Waals surface area contributed by atoms with Crippen molar-refractivity contribution in [1.82, 2.24) is 0 Å². The lowest BCUT2D eigenvalue weighted by Crippen LogP contribution is -2.25. The van der Waals surface area contributed by atoms with Crippen LogP contribution in [-0.2, 0) is 0 Å². The number of fused-ring (bicyclic) bond motifs is 8. The van der Waals surface area contributed by atoms with Crippen LogP contribution in [0.25, 0.3) is 0 Å². The van der Waals surface area contributed by atoms with Crippen molar-refractivity contribution in [3.8, 4) is 0 Å². The second-order valence-corrected chi connectivity index (χ2v) is 6.09. The van der Waals surface area contributed by atoms with E-state index < -0.39 is 0 Å². The standard InChI is InChI=1S/C14H20/c1-2-8-5-11-7-12(8)14-10-4-3-9(6-10)13(11)14/h8,10-12,14H,2-7H2,1H3. The number of hydrogen-bond donors (Lipinski definition) is 0. The van der Waals surface area contributed by atoms with Gasteiger partial charge in [-0.3, -0.25) is 0 Å². The summed E-state index contributed by atoms with van der Waals surface area (Å²) in [7, 11) is 0. The first-order chi connectivity index (χ1) is 6.88. The Morgan fingerprint density at radius 1 is 1.29 bits per heavy atom. The van der Waals surface area contributed by atoms with Crippen molar-refractivity contribution < 1.29 is 0 Å². The second kappa shape index (κ2) is 2.46. The van der Waals surface area contributed by atoms with Crippen LogP contribution in [-0.4, -0.2) is 0 Å². The predicted octanol–water partition coefficient (Wildman–Crippen LogP) is 3.78. The minimum atomic E-state index is 1.07. The smallest absolute Gasteiger partial charge is 0.0135 e. The third kappa shape index (κ3) is 0.741. The lowest BCUT2D eigenvalue weighted by Gasteiger charge is -2.33. The zero-order valence-corrected chi connectivity index (χ0v) is 9.13. The van der Waals surface area contributed by atoms with E-state index in [-0.39, 0.29) is 0 Å². The zero-order chi connectivity index (χ0) is 9.28. The van der Waals surface area contributed by atoms with Crippen LogP contribution in [0.15, 0.2) is 11.1 Å². The van der Waals surface area contributed by atoms with Crippen LogP contribution in [0.3, 0.4) is 0 Å². The van der Waals surface area contributed by atoms with Gasteiger partial charge in [0.1, 0.15) is 0 Å². The van der Waals surface area contributed by atoms with Crippen molar-refractivity contribution in [3.05, 3.63) is 11.1 Å². The Bertz CT molecular complexity index is 312. The molecule has 4 bridgehead atoms. The molecule has 0 N–H and O–H groups in total. The highest BCUT2D eigenvalue weighted by atomic mass is 14.6. The first-order valence-corrected chi connectivity index (χ1v) is 6.60. The maximum atomic E-state index is 2.41. The third-order valence-electron chi connectivity index (χ3n) is 5.78. The summed E-state index contributed by atoms with van der Waals surface area (Å²) in [6.07, 6.45) is 9.14. The van der Waals surface area contributed by atoms with Crippen LogP contribution >= 0.6 is 0 Å². The molecule has 0 spiro atoms. The quantitative estimate of drug-likeness (QED) is 0.549. The lowest BCUT2D eigenvalue weighted by molar-refractivity contribution is 0.221. The van der Waals surface area contributed by atoms with E-state index in [1.807, 2.05) is 11.1 Å². The fourth-order valence-corrected chi connectivity index (χ4v) is 5.40. The molecular formula is C14H20. The summed E-state index contributed by atoms with van der Waals surface area (Å²) < 4.78 is 0. The Morgan fingerprint density at radius 2 is 2.21 bits per heavy atom. The largest absolute Gasteiger partial charge is 0.0701 e. The SMILES string of the molecule is CCC1CC2CC1C1C2=C2CCC1C2. The van der Waals surface area contributed by atoms with E-state index in [0.717, 1.165) is 29.6 Å². The topological polar surface area (TPSA) is 0 Å². The Labute approximate surface area is 86.8 Å². The van der Waals surface area contributed by atoms with Gasteiger partial charge in [-0.25, -0.2) is 0 Å². The minimum Gasteiger partial charge on any atom is -0.0701 e. The van der Waals surface area contributed by atoms with Crippen LogP contribution in [0, 0.1) is 29.6 Å². The summed E-state index contributed by atoms with van der Waals surface area (Å²) in [6, 6.07) is 0. The molecule has 0 heterocycles. The zero-order valence-electron chi connectivity index (χ0n) is 9.13. The van der Waals surface area contributed by atoms with Crippen molar-refractivity contribution in [2.24, 2.45) is 29.6 Å². The molecule has 0 radical (unpaired) electrons. The van der Waals surface area contributed by atoms with Gasteiger partial charge >= 0.3 is 0 Å². The molecule has 4 aliphatic carbocycles. The lowest BCUT2D eigenvalue weighted by atomic mass is 9.71. The molecule has 0 aromatic rings. The van der Waals surface area contributed by atoms with Gasteiger partial charge in [0.05, 0.1) is 0 Å². The fraction of sp³-hybridized carbons (Fsp3) is 0.857. The van der Waals surface area contributed by atoms with Gasteiger partial charge in [-0.1, -0.05) is 24.5 Å². The van der Waals surface area contributed by atoms with Gasteiger partial charge < -0.3 is 0 Å². The predicted molar refractivity (Wildman–Crippen MR) is 57.9 cm³/mol. The van der Waals surface area contributed by atoms with E-state index in [9.17, 15) is 0 Å². The van der Waals surface area contributed by atoms with Crippen LogP contribution < -0.4 is 0 Å². The number of rotatable bonds is 1. The highest BCUT2D eigenvalue weighted by Gasteiger charge is 2.56. The summed E-state index contributed by atoms with van der Waals surface area (Å²) in [5.74, 6) is 5.51. The molecule has 5 unspecified atom stereocenters. The van der Waals surface area contributed by atoms with Crippen molar-refractivity contribution >= 4 is 0 Å². The molecule has 14 heavy (non-hydrogen) atoms. The Kier molecular flexibility index (Phi) is 1.40. The van der Waals surface area contributed by atoms with Gasteiger partial charge in [0, 0.05) is 0 Å². The van der Waals surface area contributed by atoms with E-state index in [2.05, 4.69) is 6.92 Å². The highest BCUT2D eigenvalue weighted by molar-refractivity contribution is 5.37. The normalized spacial score (nSPS) is 53.4. The average Bonchev–Trinajstić information content (AvgIpc) is 2.94. The van der Waals surface area contributed by atoms with E-state index >= 15 is 0 Å². The molecule has 0 aliphatic heterocycles. The van der Waals surface area contributed by atoms with Gasteiger partial charge in [-0.15, -0.1) is 0 Å². The highest BCUT2D eigenvalue weighted by Crippen LogP contribution is 2.66. The first-order valence-electron chi connectivity index (χ1n) is 6.60. The Hall–Kier alpha value is -0.260. The van der Waals surface area contributed by atoms with Gasteiger partial charge in [0.2, 0.25) is 0 Å². The van der Waals surface area contributed by atoms with E-state index in [1.54, 1.807) is 19.3 Å². The molecule has 0 aromatic heterocycles. The van der Waals surface area contributed by atoms with Crippen molar-refractivity contribution in [3.63, 3.8) is 0 Å². The number of hydrogen-bond acceptors (Lipinski definition) is 0. The summed E-state index contributed by atoms with van der Waals surface area (Å²) in [5.41, 5.74) is 3.94. The summed E-state index contributed by atoms with van der Waals surface area (Å²) >= 11 is 0. The molecule has 0 amide bonds. The second-order valence-electron chi connectivity index (χ2n) is 6.09. The summed E-state index contributed by atoms with van der Waals surface area (Å²) in [4.78, 5) is 0. The van der Waals surface area contributed by atoms with Gasteiger partial charge in [-0.05, 0) is 61.7 Å². The van der Waals surface area contributed by atoms with Gasteiger partial charge in [-0.2, -0.15) is 0 Å². The van der Waals surface area contributed by atoms with Crippen LogP contribution in [0.1, 0.15) is 45.4 Å². The third-order valence-corrected chi connectivity index (χ3v) is 5.78. The molecule has 4 rings (SSSR count). The number of allylic oxidation sites excluding steroid dienone is 2.